The van der Waals surface area contributed by atoms with Gasteiger partial charge in [-0.3, -0.25) is 4.79 Å². The summed E-state index contributed by atoms with van der Waals surface area (Å²) in [5, 5.41) is 5.62. The minimum absolute atomic E-state index is 0.201. The molecule has 3 nitrogen and oxygen atoms in total. The standard InChI is InChI=1S/C11H16N2OS/c1-2-8-4-3-5-9(6-8)11(14)10-7-15-13-12-10/h7-9H,2-6H2,1H3. The van der Waals surface area contributed by atoms with Crippen LogP contribution in [0.15, 0.2) is 5.38 Å². The summed E-state index contributed by atoms with van der Waals surface area (Å²) in [4.78, 5) is 12.0. The second-order valence-corrected chi connectivity index (χ2v) is 4.90. The fourth-order valence-electron chi connectivity index (χ4n) is 2.38. The molecule has 0 saturated heterocycles. The zero-order valence-corrected chi connectivity index (χ0v) is 9.80. The maximum absolute atomic E-state index is 12.0. The maximum atomic E-state index is 12.0. The Labute approximate surface area is 94.1 Å². The number of ketones is 1. The average molecular weight is 224 g/mol. The smallest absolute Gasteiger partial charge is 0.187 e. The molecule has 0 radical (unpaired) electrons. The molecule has 2 rings (SSSR count). The highest BCUT2D eigenvalue weighted by atomic mass is 32.1. The second-order valence-electron chi connectivity index (χ2n) is 4.29. The summed E-state index contributed by atoms with van der Waals surface area (Å²) in [7, 11) is 0. The van der Waals surface area contributed by atoms with Gasteiger partial charge in [-0.25, -0.2) is 0 Å². The number of carbonyl (C=O) groups is 1. The Hall–Kier alpha value is -0.770. The van der Waals surface area contributed by atoms with E-state index in [0.29, 0.717) is 5.69 Å². The lowest BCUT2D eigenvalue weighted by molar-refractivity contribution is 0.0856. The van der Waals surface area contributed by atoms with Crippen molar-refractivity contribution in [1.82, 2.24) is 9.59 Å². The van der Waals surface area contributed by atoms with E-state index < -0.39 is 0 Å². The maximum Gasteiger partial charge on any atom is 0.187 e. The molecule has 1 heterocycles. The second kappa shape index (κ2) is 4.84. The third kappa shape index (κ3) is 2.43. The molecular formula is C11H16N2OS. The molecule has 15 heavy (non-hydrogen) atoms. The van der Waals surface area contributed by atoms with Crippen molar-refractivity contribution in [2.45, 2.75) is 39.0 Å². The summed E-state index contributed by atoms with van der Waals surface area (Å²) in [6, 6.07) is 0. The van der Waals surface area contributed by atoms with Gasteiger partial charge in [0.2, 0.25) is 0 Å². The van der Waals surface area contributed by atoms with E-state index in [2.05, 4.69) is 16.5 Å². The van der Waals surface area contributed by atoms with Crippen LogP contribution in [0.5, 0.6) is 0 Å². The largest absolute Gasteiger partial charge is 0.292 e. The third-order valence-electron chi connectivity index (χ3n) is 3.34. The molecule has 2 unspecified atom stereocenters. The summed E-state index contributed by atoms with van der Waals surface area (Å²) in [6.07, 6.45) is 5.75. The molecule has 0 amide bonds. The van der Waals surface area contributed by atoms with Crippen LogP contribution in [0, 0.1) is 11.8 Å². The van der Waals surface area contributed by atoms with Gasteiger partial charge in [0.15, 0.2) is 5.78 Å². The third-order valence-corrected chi connectivity index (χ3v) is 3.85. The van der Waals surface area contributed by atoms with Gasteiger partial charge in [0.25, 0.3) is 0 Å². The zero-order valence-electron chi connectivity index (χ0n) is 8.98. The number of hydrogen-bond acceptors (Lipinski definition) is 4. The zero-order chi connectivity index (χ0) is 10.7. The lowest BCUT2D eigenvalue weighted by atomic mass is 9.78. The minimum Gasteiger partial charge on any atom is -0.292 e. The van der Waals surface area contributed by atoms with E-state index in [1.54, 1.807) is 5.38 Å². The van der Waals surface area contributed by atoms with Crippen LogP contribution in [0.25, 0.3) is 0 Å². The Kier molecular flexibility index (Phi) is 3.46. The van der Waals surface area contributed by atoms with Crippen molar-refractivity contribution in [3.63, 3.8) is 0 Å². The first-order chi connectivity index (χ1) is 7.31. The normalized spacial score (nSPS) is 26.5. The van der Waals surface area contributed by atoms with E-state index in [1.165, 1.54) is 30.8 Å². The Bertz CT molecular complexity index is 323. The van der Waals surface area contributed by atoms with E-state index in [9.17, 15) is 4.79 Å². The Morgan fingerprint density at radius 3 is 3.13 bits per heavy atom. The number of nitrogens with zero attached hydrogens (tertiary/aromatic N) is 2. The van der Waals surface area contributed by atoms with Crippen molar-refractivity contribution in [2.75, 3.05) is 0 Å². The van der Waals surface area contributed by atoms with Crippen LogP contribution in [0.4, 0.5) is 0 Å². The van der Waals surface area contributed by atoms with E-state index in [-0.39, 0.29) is 11.7 Å². The van der Waals surface area contributed by atoms with Crippen LogP contribution in [0.1, 0.15) is 49.5 Å². The van der Waals surface area contributed by atoms with Gasteiger partial charge in [-0.05, 0) is 30.3 Å². The molecule has 2 atom stereocenters. The van der Waals surface area contributed by atoms with Crippen LogP contribution in [0.2, 0.25) is 0 Å². The number of aromatic nitrogens is 2. The lowest BCUT2D eigenvalue weighted by Gasteiger charge is -2.26. The van der Waals surface area contributed by atoms with Crippen molar-refractivity contribution >= 4 is 17.3 Å². The van der Waals surface area contributed by atoms with E-state index in [0.717, 1.165) is 18.8 Å². The Morgan fingerprint density at radius 1 is 1.60 bits per heavy atom. The fourth-order valence-corrected chi connectivity index (χ4v) is 2.83. The van der Waals surface area contributed by atoms with Gasteiger partial charge >= 0.3 is 0 Å². The van der Waals surface area contributed by atoms with Crippen LogP contribution in [-0.2, 0) is 0 Å². The van der Waals surface area contributed by atoms with Crippen LogP contribution >= 0.6 is 11.5 Å². The van der Waals surface area contributed by atoms with Gasteiger partial charge in [0, 0.05) is 11.3 Å². The van der Waals surface area contributed by atoms with Crippen LogP contribution in [-0.4, -0.2) is 15.4 Å². The molecule has 1 aliphatic rings. The molecule has 1 aliphatic carbocycles. The number of rotatable bonds is 3. The van der Waals surface area contributed by atoms with Crippen molar-refractivity contribution in [3.8, 4) is 0 Å². The van der Waals surface area contributed by atoms with Gasteiger partial charge in [0.05, 0.1) is 0 Å². The molecule has 1 fully saturated rings. The Balaban J connectivity index is 2.01. The first-order valence-corrected chi connectivity index (χ1v) is 6.46. The molecule has 1 saturated carbocycles. The SMILES string of the molecule is CCC1CCCC(C(=O)c2csnn2)C1. The minimum atomic E-state index is 0.201. The predicted octanol–water partition coefficient (Wildman–Crippen LogP) is 2.94. The van der Waals surface area contributed by atoms with E-state index >= 15 is 0 Å². The van der Waals surface area contributed by atoms with Gasteiger partial charge in [-0.2, -0.15) is 0 Å². The number of Topliss-reactive ketones (excluding diaryl/α,β-unsaturated/α-hetero) is 1. The summed E-state index contributed by atoms with van der Waals surface area (Å²) < 4.78 is 3.75. The molecule has 0 spiro atoms. The summed E-state index contributed by atoms with van der Waals surface area (Å²) in [5.41, 5.74) is 0.571. The highest BCUT2D eigenvalue weighted by molar-refractivity contribution is 7.03. The molecular weight excluding hydrogens is 208 g/mol. The predicted molar refractivity (Wildman–Crippen MR) is 60.0 cm³/mol. The highest BCUT2D eigenvalue weighted by Crippen LogP contribution is 2.32. The fraction of sp³-hybridized carbons (Fsp3) is 0.727. The first kappa shape index (κ1) is 10.7. The van der Waals surface area contributed by atoms with Crippen molar-refractivity contribution in [1.29, 1.82) is 0 Å². The molecule has 4 heteroatoms. The van der Waals surface area contributed by atoms with Gasteiger partial charge < -0.3 is 0 Å². The van der Waals surface area contributed by atoms with E-state index in [1.807, 2.05) is 0 Å². The van der Waals surface area contributed by atoms with Crippen LogP contribution in [0.3, 0.4) is 0 Å². The van der Waals surface area contributed by atoms with Gasteiger partial charge in [-0.15, -0.1) is 5.10 Å². The summed E-state index contributed by atoms with van der Waals surface area (Å²) in [6.45, 7) is 2.21. The molecule has 82 valence electrons. The van der Waals surface area contributed by atoms with Crippen LogP contribution < -0.4 is 0 Å². The Morgan fingerprint density at radius 2 is 2.47 bits per heavy atom. The number of hydrogen-bond donors (Lipinski definition) is 0. The molecule has 1 aromatic rings. The highest BCUT2D eigenvalue weighted by Gasteiger charge is 2.28. The monoisotopic (exact) mass is 224 g/mol. The lowest BCUT2D eigenvalue weighted by Crippen LogP contribution is -2.23. The van der Waals surface area contributed by atoms with Gasteiger partial charge in [0.1, 0.15) is 5.69 Å². The molecule has 0 N–H and O–H groups in total. The summed E-state index contributed by atoms with van der Waals surface area (Å²) in [5.74, 6) is 1.15. The first-order valence-electron chi connectivity index (χ1n) is 5.62. The quantitative estimate of drug-likeness (QED) is 0.741. The molecule has 0 bridgehead atoms. The molecule has 1 aromatic heterocycles. The average Bonchev–Trinajstić information content (AvgIpc) is 2.81. The number of carbonyl (C=O) groups excluding carboxylic acids is 1. The molecule has 0 aliphatic heterocycles. The van der Waals surface area contributed by atoms with E-state index in [4.69, 9.17) is 0 Å². The van der Waals surface area contributed by atoms with Crippen molar-refractivity contribution < 1.29 is 4.79 Å². The van der Waals surface area contributed by atoms with Crippen molar-refractivity contribution in [2.24, 2.45) is 11.8 Å². The van der Waals surface area contributed by atoms with Gasteiger partial charge in [-0.1, -0.05) is 30.7 Å². The molecule has 0 aromatic carbocycles. The topological polar surface area (TPSA) is 42.9 Å². The van der Waals surface area contributed by atoms with Crippen molar-refractivity contribution in [3.05, 3.63) is 11.1 Å². The summed E-state index contributed by atoms with van der Waals surface area (Å²) >= 11 is 1.26.